The number of nitrogens with zero attached hydrogens (tertiary/aromatic N) is 1. The highest BCUT2D eigenvalue weighted by atomic mass is 16.2. The van der Waals surface area contributed by atoms with Gasteiger partial charge in [0, 0.05) is 19.6 Å². The van der Waals surface area contributed by atoms with E-state index in [-0.39, 0.29) is 6.03 Å². The van der Waals surface area contributed by atoms with Crippen LogP contribution >= 0.6 is 0 Å². The summed E-state index contributed by atoms with van der Waals surface area (Å²) in [5, 5.41) is 2.82. The SMILES string of the molecule is CCCCCCN(CC)C(=O)NCC. The summed E-state index contributed by atoms with van der Waals surface area (Å²) in [6.45, 7) is 8.57. The maximum absolute atomic E-state index is 11.5. The van der Waals surface area contributed by atoms with Crippen molar-refractivity contribution in [1.82, 2.24) is 10.2 Å². The van der Waals surface area contributed by atoms with Crippen LogP contribution in [0.15, 0.2) is 0 Å². The molecule has 0 aliphatic carbocycles. The van der Waals surface area contributed by atoms with Gasteiger partial charge in [-0.25, -0.2) is 4.79 Å². The molecule has 0 aromatic heterocycles. The van der Waals surface area contributed by atoms with Gasteiger partial charge in [-0.2, -0.15) is 0 Å². The monoisotopic (exact) mass is 200 g/mol. The first-order chi connectivity index (χ1) is 6.76. The highest BCUT2D eigenvalue weighted by molar-refractivity contribution is 5.73. The van der Waals surface area contributed by atoms with Crippen molar-refractivity contribution in [3.63, 3.8) is 0 Å². The second kappa shape index (κ2) is 8.85. The van der Waals surface area contributed by atoms with Gasteiger partial charge in [-0.1, -0.05) is 26.2 Å². The minimum Gasteiger partial charge on any atom is -0.338 e. The smallest absolute Gasteiger partial charge is 0.317 e. The number of hydrogen-bond acceptors (Lipinski definition) is 1. The van der Waals surface area contributed by atoms with E-state index in [1.807, 2.05) is 18.7 Å². The van der Waals surface area contributed by atoms with Gasteiger partial charge >= 0.3 is 6.03 Å². The van der Waals surface area contributed by atoms with Crippen molar-refractivity contribution in [2.45, 2.75) is 46.5 Å². The van der Waals surface area contributed by atoms with Gasteiger partial charge in [-0.15, -0.1) is 0 Å². The summed E-state index contributed by atoms with van der Waals surface area (Å²) < 4.78 is 0. The first-order valence-electron chi connectivity index (χ1n) is 5.79. The van der Waals surface area contributed by atoms with Crippen LogP contribution in [-0.4, -0.2) is 30.6 Å². The second-order valence-electron chi connectivity index (χ2n) is 3.48. The van der Waals surface area contributed by atoms with Crippen molar-refractivity contribution in [3.8, 4) is 0 Å². The van der Waals surface area contributed by atoms with Crippen LogP contribution in [-0.2, 0) is 0 Å². The van der Waals surface area contributed by atoms with Gasteiger partial charge in [0.05, 0.1) is 0 Å². The van der Waals surface area contributed by atoms with E-state index < -0.39 is 0 Å². The fraction of sp³-hybridized carbons (Fsp3) is 0.909. The number of hydrogen-bond donors (Lipinski definition) is 1. The highest BCUT2D eigenvalue weighted by Gasteiger charge is 2.08. The van der Waals surface area contributed by atoms with Gasteiger partial charge in [0.1, 0.15) is 0 Å². The molecule has 0 bridgehead atoms. The number of carbonyl (C=O) groups excluding carboxylic acids is 1. The van der Waals surface area contributed by atoms with E-state index in [9.17, 15) is 4.79 Å². The standard InChI is InChI=1S/C11H24N2O/c1-4-7-8-9-10-13(6-3)11(14)12-5-2/h4-10H2,1-3H3,(H,12,14). The van der Waals surface area contributed by atoms with Crippen LogP contribution in [0, 0.1) is 0 Å². The molecule has 0 saturated heterocycles. The predicted molar refractivity (Wildman–Crippen MR) is 60.5 cm³/mol. The Bertz CT molecular complexity index is 148. The first kappa shape index (κ1) is 13.3. The highest BCUT2D eigenvalue weighted by Crippen LogP contribution is 2.01. The lowest BCUT2D eigenvalue weighted by Gasteiger charge is -2.20. The zero-order valence-corrected chi connectivity index (χ0v) is 9.81. The Hall–Kier alpha value is -0.730. The molecule has 84 valence electrons. The lowest BCUT2D eigenvalue weighted by Crippen LogP contribution is -2.40. The third kappa shape index (κ3) is 5.84. The zero-order valence-electron chi connectivity index (χ0n) is 9.81. The number of rotatable bonds is 7. The molecule has 0 aromatic carbocycles. The molecule has 14 heavy (non-hydrogen) atoms. The quantitative estimate of drug-likeness (QED) is 0.629. The fourth-order valence-corrected chi connectivity index (χ4v) is 1.40. The molecule has 0 aromatic rings. The van der Waals surface area contributed by atoms with Gasteiger partial charge < -0.3 is 10.2 Å². The Morgan fingerprint density at radius 1 is 1.14 bits per heavy atom. The summed E-state index contributed by atoms with van der Waals surface area (Å²) >= 11 is 0. The molecular formula is C11H24N2O. The van der Waals surface area contributed by atoms with Crippen molar-refractivity contribution in [1.29, 1.82) is 0 Å². The largest absolute Gasteiger partial charge is 0.338 e. The third-order valence-electron chi connectivity index (χ3n) is 2.28. The number of amides is 2. The molecule has 0 unspecified atom stereocenters. The number of urea groups is 1. The third-order valence-corrected chi connectivity index (χ3v) is 2.28. The predicted octanol–water partition coefficient (Wildman–Crippen LogP) is 2.62. The fourth-order valence-electron chi connectivity index (χ4n) is 1.40. The Morgan fingerprint density at radius 2 is 1.86 bits per heavy atom. The van der Waals surface area contributed by atoms with Crippen LogP contribution in [0.3, 0.4) is 0 Å². The Labute approximate surface area is 87.9 Å². The van der Waals surface area contributed by atoms with E-state index >= 15 is 0 Å². The average molecular weight is 200 g/mol. The topological polar surface area (TPSA) is 32.3 Å². The molecule has 1 N–H and O–H groups in total. The normalized spacial score (nSPS) is 9.93. The number of nitrogens with one attached hydrogen (secondary N) is 1. The summed E-state index contributed by atoms with van der Waals surface area (Å²) in [6, 6.07) is 0.0755. The molecule has 3 nitrogen and oxygen atoms in total. The van der Waals surface area contributed by atoms with Crippen molar-refractivity contribution in [3.05, 3.63) is 0 Å². The van der Waals surface area contributed by atoms with Crippen molar-refractivity contribution in [2.24, 2.45) is 0 Å². The van der Waals surface area contributed by atoms with Gasteiger partial charge in [-0.3, -0.25) is 0 Å². The zero-order chi connectivity index (χ0) is 10.8. The van der Waals surface area contributed by atoms with Crippen LogP contribution in [0.4, 0.5) is 4.79 Å². The summed E-state index contributed by atoms with van der Waals surface area (Å²) in [6.07, 6.45) is 4.87. The van der Waals surface area contributed by atoms with Crippen LogP contribution in [0.1, 0.15) is 46.5 Å². The van der Waals surface area contributed by atoms with E-state index in [1.54, 1.807) is 0 Å². The van der Waals surface area contributed by atoms with Crippen LogP contribution < -0.4 is 5.32 Å². The molecule has 0 saturated carbocycles. The Morgan fingerprint density at radius 3 is 2.36 bits per heavy atom. The molecule has 0 spiro atoms. The van der Waals surface area contributed by atoms with Crippen molar-refractivity contribution < 1.29 is 4.79 Å². The van der Waals surface area contributed by atoms with Crippen molar-refractivity contribution >= 4 is 6.03 Å². The molecular weight excluding hydrogens is 176 g/mol. The van der Waals surface area contributed by atoms with Gasteiger partial charge in [0.15, 0.2) is 0 Å². The van der Waals surface area contributed by atoms with E-state index in [0.29, 0.717) is 6.54 Å². The van der Waals surface area contributed by atoms with E-state index in [2.05, 4.69) is 12.2 Å². The number of carbonyl (C=O) groups is 1. The maximum Gasteiger partial charge on any atom is 0.317 e. The summed E-state index contributed by atoms with van der Waals surface area (Å²) in [5.41, 5.74) is 0. The molecule has 0 aliphatic heterocycles. The average Bonchev–Trinajstić information content (AvgIpc) is 2.18. The molecule has 0 heterocycles. The number of unbranched alkanes of at least 4 members (excludes halogenated alkanes) is 3. The maximum atomic E-state index is 11.5. The second-order valence-corrected chi connectivity index (χ2v) is 3.48. The van der Waals surface area contributed by atoms with Gasteiger partial charge in [0.2, 0.25) is 0 Å². The molecule has 0 radical (unpaired) electrons. The van der Waals surface area contributed by atoms with Crippen molar-refractivity contribution in [2.75, 3.05) is 19.6 Å². The van der Waals surface area contributed by atoms with Gasteiger partial charge in [-0.05, 0) is 20.3 Å². The lowest BCUT2D eigenvalue weighted by molar-refractivity contribution is 0.200. The van der Waals surface area contributed by atoms with Gasteiger partial charge in [0.25, 0.3) is 0 Å². The summed E-state index contributed by atoms with van der Waals surface area (Å²) in [7, 11) is 0. The molecule has 0 fully saturated rings. The molecule has 0 atom stereocenters. The van der Waals surface area contributed by atoms with Crippen LogP contribution in [0.25, 0.3) is 0 Å². The van der Waals surface area contributed by atoms with Crippen LogP contribution in [0.5, 0.6) is 0 Å². The first-order valence-corrected chi connectivity index (χ1v) is 5.79. The summed E-state index contributed by atoms with van der Waals surface area (Å²) in [5.74, 6) is 0. The Kier molecular flexibility index (Phi) is 8.39. The summed E-state index contributed by atoms with van der Waals surface area (Å²) in [4.78, 5) is 13.3. The molecule has 2 amide bonds. The minimum absolute atomic E-state index is 0.0755. The molecule has 0 aliphatic rings. The van der Waals surface area contributed by atoms with Crippen LogP contribution in [0.2, 0.25) is 0 Å². The van der Waals surface area contributed by atoms with E-state index in [1.165, 1.54) is 19.3 Å². The Balaban J connectivity index is 3.62. The van der Waals surface area contributed by atoms with E-state index in [4.69, 9.17) is 0 Å². The van der Waals surface area contributed by atoms with E-state index in [0.717, 1.165) is 19.5 Å². The molecule has 3 heteroatoms. The minimum atomic E-state index is 0.0755. The lowest BCUT2D eigenvalue weighted by atomic mass is 10.2. The molecule has 0 rings (SSSR count).